The monoisotopic (exact) mass is 142 g/mol. The van der Waals surface area contributed by atoms with Crippen molar-refractivity contribution < 1.29 is 4.79 Å². The molecule has 0 aromatic rings. The van der Waals surface area contributed by atoms with Gasteiger partial charge in [0.2, 0.25) is 0 Å². The van der Waals surface area contributed by atoms with E-state index in [4.69, 9.17) is 0 Å². The fourth-order valence-corrected chi connectivity index (χ4v) is 0.914. The van der Waals surface area contributed by atoms with Gasteiger partial charge in [-0.1, -0.05) is 27.2 Å². The molecule has 0 aliphatic rings. The summed E-state index contributed by atoms with van der Waals surface area (Å²) in [5, 5.41) is 0. The second-order valence-electron chi connectivity index (χ2n) is 3.01. The van der Waals surface area contributed by atoms with E-state index in [0.29, 0.717) is 11.7 Å². The maximum atomic E-state index is 11.0. The summed E-state index contributed by atoms with van der Waals surface area (Å²) in [4.78, 5) is 11.0. The van der Waals surface area contributed by atoms with E-state index in [1.54, 1.807) is 0 Å². The van der Waals surface area contributed by atoms with Gasteiger partial charge in [-0.3, -0.25) is 4.79 Å². The molecule has 1 atom stereocenters. The lowest BCUT2D eigenvalue weighted by Crippen LogP contribution is -2.03. The van der Waals surface area contributed by atoms with Gasteiger partial charge >= 0.3 is 0 Å². The van der Waals surface area contributed by atoms with Gasteiger partial charge in [-0.05, 0) is 12.3 Å². The second-order valence-corrected chi connectivity index (χ2v) is 3.01. The molecule has 0 saturated carbocycles. The summed E-state index contributed by atoms with van der Waals surface area (Å²) in [6, 6.07) is 0. The molecular weight excluding hydrogens is 124 g/mol. The van der Waals surface area contributed by atoms with Gasteiger partial charge in [0.05, 0.1) is 0 Å². The molecule has 0 heterocycles. The SMILES string of the molecule is CCCC(=O)CC(C)CC. The van der Waals surface area contributed by atoms with E-state index in [-0.39, 0.29) is 0 Å². The summed E-state index contributed by atoms with van der Waals surface area (Å²) in [5.74, 6) is 1.01. The molecule has 60 valence electrons. The standard InChI is InChI=1S/C9H18O/c1-4-6-9(10)7-8(3)5-2/h8H,4-7H2,1-3H3. The highest BCUT2D eigenvalue weighted by Crippen LogP contribution is 2.08. The van der Waals surface area contributed by atoms with Gasteiger partial charge in [0.25, 0.3) is 0 Å². The number of carbonyl (C=O) groups excluding carboxylic acids is 1. The first-order valence-electron chi connectivity index (χ1n) is 4.22. The van der Waals surface area contributed by atoms with Crippen LogP contribution in [-0.2, 0) is 4.79 Å². The molecule has 0 aliphatic heterocycles. The van der Waals surface area contributed by atoms with Gasteiger partial charge < -0.3 is 0 Å². The van der Waals surface area contributed by atoms with Crippen LogP contribution in [0.4, 0.5) is 0 Å². The van der Waals surface area contributed by atoms with Crippen LogP contribution in [0.3, 0.4) is 0 Å². The minimum Gasteiger partial charge on any atom is -0.300 e. The molecule has 0 aromatic heterocycles. The van der Waals surface area contributed by atoms with Crippen molar-refractivity contribution in [3.05, 3.63) is 0 Å². The van der Waals surface area contributed by atoms with Gasteiger partial charge in [0, 0.05) is 12.8 Å². The van der Waals surface area contributed by atoms with Crippen LogP contribution in [0.2, 0.25) is 0 Å². The van der Waals surface area contributed by atoms with E-state index in [2.05, 4.69) is 20.8 Å². The highest BCUT2D eigenvalue weighted by molar-refractivity contribution is 5.78. The second kappa shape index (κ2) is 5.45. The van der Waals surface area contributed by atoms with Gasteiger partial charge in [0.1, 0.15) is 5.78 Å². The minimum absolute atomic E-state index is 0.428. The Morgan fingerprint density at radius 3 is 2.40 bits per heavy atom. The Labute approximate surface area is 63.8 Å². The first kappa shape index (κ1) is 9.67. The lowest BCUT2D eigenvalue weighted by atomic mass is 10.0. The van der Waals surface area contributed by atoms with Crippen LogP contribution >= 0.6 is 0 Å². The zero-order valence-electron chi connectivity index (χ0n) is 7.31. The van der Waals surface area contributed by atoms with Crippen molar-refractivity contribution in [3.8, 4) is 0 Å². The van der Waals surface area contributed by atoms with E-state index in [9.17, 15) is 4.79 Å². The highest BCUT2D eigenvalue weighted by Gasteiger charge is 2.04. The molecule has 0 N–H and O–H groups in total. The van der Waals surface area contributed by atoms with Crippen molar-refractivity contribution in [1.29, 1.82) is 0 Å². The summed E-state index contributed by atoms with van der Waals surface area (Å²) < 4.78 is 0. The van der Waals surface area contributed by atoms with Crippen molar-refractivity contribution in [1.82, 2.24) is 0 Å². The lowest BCUT2D eigenvalue weighted by Gasteiger charge is -2.05. The van der Waals surface area contributed by atoms with Crippen molar-refractivity contribution in [3.63, 3.8) is 0 Å². The normalized spacial score (nSPS) is 13.1. The number of Topliss-reactive ketones (excluding diaryl/α,β-unsaturated/α-hetero) is 1. The quantitative estimate of drug-likeness (QED) is 0.577. The fraction of sp³-hybridized carbons (Fsp3) is 0.889. The molecule has 0 aliphatic carbocycles. The third-order valence-electron chi connectivity index (χ3n) is 1.80. The van der Waals surface area contributed by atoms with Crippen molar-refractivity contribution in [2.24, 2.45) is 5.92 Å². The molecular formula is C9H18O. The van der Waals surface area contributed by atoms with Crippen LogP contribution in [0.1, 0.15) is 46.5 Å². The van der Waals surface area contributed by atoms with Gasteiger partial charge in [-0.2, -0.15) is 0 Å². The molecule has 0 saturated heterocycles. The van der Waals surface area contributed by atoms with Crippen molar-refractivity contribution in [2.45, 2.75) is 46.5 Å². The molecule has 1 nitrogen and oxygen atoms in total. The first-order chi connectivity index (χ1) is 4.70. The first-order valence-corrected chi connectivity index (χ1v) is 4.22. The Bertz CT molecular complexity index is 96.9. The van der Waals surface area contributed by atoms with Crippen LogP contribution in [0, 0.1) is 5.92 Å². The third-order valence-corrected chi connectivity index (χ3v) is 1.80. The Kier molecular flexibility index (Phi) is 5.27. The molecule has 0 radical (unpaired) electrons. The van der Waals surface area contributed by atoms with E-state index >= 15 is 0 Å². The molecule has 0 spiro atoms. The molecule has 0 fully saturated rings. The van der Waals surface area contributed by atoms with Crippen molar-refractivity contribution >= 4 is 5.78 Å². The number of hydrogen-bond acceptors (Lipinski definition) is 1. The topological polar surface area (TPSA) is 17.1 Å². The van der Waals surface area contributed by atoms with Crippen LogP contribution in [0.25, 0.3) is 0 Å². The zero-order valence-corrected chi connectivity index (χ0v) is 7.31. The summed E-state index contributed by atoms with van der Waals surface area (Å²) in [5.41, 5.74) is 0. The Hall–Kier alpha value is -0.330. The minimum atomic E-state index is 0.428. The maximum Gasteiger partial charge on any atom is 0.133 e. The maximum absolute atomic E-state index is 11.0. The highest BCUT2D eigenvalue weighted by atomic mass is 16.1. The number of rotatable bonds is 5. The Balaban J connectivity index is 3.37. The van der Waals surface area contributed by atoms with Crippen LogP contribution < -0.4 is 0 Å². The average Bonchev–Trinajstić information content (AvgIpc) is 1.88. The average molecular weight is 142 g/mol. The van der Waals surface area contributed by atoms with E-state index < -0.39 is 0 Å². The summed E-state index contributed by atoms with van der Waals surface area (Å²) >= 11 is 0. The number of ketones is 1. The molecule has 0 bridgehead atoms. The Morgan fingerprint density at radius 1 is 1.40 bits per heavy atom. The predicted octanol–water partition coefficient (Wildman–Crippen LogP) is 2.79. The molecule has 0 amide bonds. The smallest absolute Gasteiger partial charge is 0.133 e. The number of hydrogen-bond donors (Lipinski definition) is 0. The summed E-state index contributed by atoms with van der Waals surface area (Å²) in [6.45, 7) is 6.31. The van der Waals surface area contributed by atoms with Crippen molar-refractivity contribution in [2.75, 3.05) is 0 Å². The lowest BCUT2D eigenvalue weighted by molar-refractivity contribution is -0.119. The summed E-state index contributed by atoms with van der Waals surface area (Å²) in [6.07, 6.45) is 3.67. The van der Waals surface area contributed by atoms with Gasteiger partial charge in [0.15, 0.2) is 0 Å². The molecule has 0 rings (SSSR count). The van der Waals surface area contributed by atoms with Crippen LogP contribution in [0.15, 0.2) is 0 Å². The molecule has 0 aromatic carbocycles. The van der Waals surface area contributed by atoms with Crippen LogP contribution in [0.5, 0.6) is 0 Å². The predicted molar refractivity (Wildman–Crippen MR) is 44.0 cm³/mol. The van der Waals surface area contributed by atoms with E-state index in [1.165, 1.54) is 0 Å². The Morgan fingerprint density at radius 2 is 2.00 bits per heavy atom. The van der Waals surface area contributed by atoms with E-state index in [1.807, 2.05) is 0 Å². The van der Waals surface area contributed by atoms with Gasteiger partial charge in [-0.15, -0.1) is 0 Å². The summed E-state index contributed by atoms with van der Waals surface area (Å²) in [7, 11) is 0. The molecule has 1 unspecified atom stereocenters. The molecule has 1 heteroatoms. The third kappa shape index (κ3) is 4.54. The largest absolute Gasteiger partial charge is 0.300 e. The zero-order chi connectivity index (χ0) is 7.98. The fourth-order valence-electron chi connectivity index (χ4n) is 0.914. The molecule has 10 heavy (non-hydrogen) atoms. The van der Waals surface area contributed by atoms with Crippen LogP contribution in [-0.4, -0.2) is 5.78 Å². The van der Waals surface area contributed by atoms with E-state index in [0.717, 1.165) is 25.7 Å². The van der Waals surface area contributed by atoms with Gasteiger partial charge in [-0.25, -0.2) is 0 Å². The number of carbonyl (C=O) groups is 1.